The number of ether oxygens (including phenoxy) is 1. The zero-order chi connectivity index (χ0) is 16.4. The maximum atomic E-state index is 13.1. The molecule has 120 valence electrons. The third-order valence-corrected chi connectivity index (χ3v) is 3.98. The zero-order valence-electron chi connectivity index (χ0n) is 12.7. The molecule has 1 aliphatic heterocycles. The van der Waals surface area contributed by atoms with Crippen molar-refractivity contribution in [2.75, 3.05) is 13.7 Å². The third-order valence-electron chi connectivity index (χ3n) is 3.98. The normalized spacial score (nSPS) is 15.7. The minimum absolute atomic E-state index is 0.346. The summed E-state index contributed by atoms with van der Waals surface area (Å²) in [4.78, 5) is 13.9. The van der Waals surface area contributed by atoms with E-state index < -0.39 is 11.9 Å². The summed E-state index contributed by atoms with van der Waals surface area (Å²) in [6.07, 6.45) is 0.664. The molecule has 2 N–H and O–H groups in total. The Morgan fingerprint density at radius 2 is 2.09 bits per heavy atom. The van der Waals surface area contributed by atoms with Crippen LogP contribution in [0, 0.1) is 5.82 Å². The molecule has 6 nitrogen and oxygen atoms in total. The van der Waals surface area contributed by atoms with E-state index >= 15 is 0 Å². The quantitative estimate of drug-likeness (QED) is 0.917. The number of hydrogen-bond acceptors (Lipinski definition) is 5. The summed E-state index contributed by atoms with van der Waals surface area (Å²) in [5.74, 6) is -0.377. The van der Waals surface area contributed by atoms with Crippen LogP contribution in [0.1, 0.15) is 22.9 Å². The first-order chi connectivity index (χ1) is 11.1. The van der Waals surface area contributed by atoms with Crippen molar-refractivity contribution in [2.24, 2.45) is 5.73 Å². The van der Waals surface area contributed by atoms with Gasteiger partial charge in [0.05, 0.1) is 12.8 Å². The van der Waals surface area contributed by atoms with E-state index in [1.165, 1.54) is 19.2 Å². The summed E-state index contributed by atoms with van der Waals surface area (Å²) in [7, 11) is 1.53. The van der Waals surface area contributed by atoms with Gasteiger partial charge in [0.15, 0.2) is 0 Å². The standard InChI is InChI=1S/C16H17FN4O2/c1-23-14-8-11-9-21(7-6-13(11)19-20-14)15(16(18)22)10-2-4-12(17)5-3-10/h2-5,8,15H,6-7,9H2,1H3,(H2,18,22)/t15-/m0/s1. The molecule has 1 atom stereocenters. The van der Waals surface area contributed by atoms with Crippen LogP contribution in [0.4, 0.5) is 4.39 Å². The molecule has 0 spiro atoms. The van der Waals surface area contributed by atoms with Crippen molar-refractivity contribution in [1.29, 1.82) is 0 Å². The van der Waals surface area contributed by atoms with E-state index in [0.717, 1.165) is 11.3 Å². The zero-order valence-corrected chi connectivity index (χ0v) is 12.7. The number of aromatic nitrogens is 2. The SMILES string of the molecule is COc1cc2c(nn1)CCN([C@H](C(N)=O)c1ccc(F)cc1)C2. The number of primary amides is 1. The van der Waals surface area contributed by atoms with E-state index in [0.29, 0.717) is 31.0 Å². The lowest BCUT2D eigenvalue weighted by atomic mass is 9.99. The predicted octanol–water partition coefficient (Wildman–Crippen LogP) is 1.21. The van der Waals surface area contributed by atoms with Crippen molar-refractivity contribution in [3.8, 4) is 5.88 Å². The van der Waals surface area contributed by atoms with Crippen molar-refractivity contribution in [3.05, 3.63) is 53.0 Å². The van der Waals surface area contributed by atoms with E-state index in [1.807, 2.05) is 11.0 Å². The number of nitrogens with zero attached hydrogens (tertiary/aromatic N) is 3. The molecular weight excluding hydrogens is 299 g/mol. The number of fused-ring (bicyclic) bond motifs is 1. The van der Waals surface area contributed by atoms with Crippen LogP contribution >= 0.6 is 0 Å². The molecule has 1 aliphatic rings. The molecule has 2 heterocycles. The Balaban J connectivity index is 1.89. The Kier molecular flexibility index (Phi) is 4.20. The molecule has 1 amide bonds. The monoisotopic (exact) mass is 316 g/mol. The topological polar surface area (TPSA) is 81.3 Å². The first-order valence-electron chi connectivity index (χ1n) is 7.27. The maximum Gasteiger partial charge on any atom is 0.239 e. The van der Waals surface area contributed by atoms with Gasteiger partial charge in [-0.05, 0) is 23.3 Å². The van der Waals surface area contributed by atoms with Crippen LogP contribution in [0.25, 0.3) is 0 Å². The van der Waals surface area contributed by atoms with Crippen LogP contribution in [0.2, 0.25) is 0 Å². The number of methoxy groups -OCH3 is 1. The van der Waals surface area contributed by atoms with Gasteiger partial charge in [0, 0.05) is 25.6 Å². The smallest absolute Gasteiger partial charge is 0.239 e. The van der Waals surface area contributed by atoms with Gasteiger partial charge in [-0.3, -0.25) is 9.69 Å². The Bertz CT molecular complexity index is 721. The Morgan fingerprint density at radius 1 is 1.35 bits per heavy atom. The minimum Gasteiger partial charge on any atom is -0.480 e. The molecule has 0 saturated carbocycles. The highest BCUT2D eigenvalue weighted by molar-refractivity contribution is 5.81. The Labute approximate surface area is 133 Å². The number of carbonyl (C=O) groups is 1. The number of nitrogens with two attached hydrogens (primary N) is 1. The average molecular weight is 316 g/mol. The van der Waals surface area contributed by atoms with Crippen molar-refractivity contribution >= 4 is 5.91 Å². The number of amides is 1. The second-order valence-corrected chi connectivity index (χ2v) is 5.44. The fourth-order valence-electron chi connectivity index (χ4n) is 2.85. The molecule has 1 aromatic carbocycles. The minimum atomic E-state index is -0.608. The van der Waals surface area contributed by atoms with Crippen LogP contribution < -0.4 is 10.5 Å². The van der Waals surface area contributed by atoms with Crippen LogP contribution in [0.15, 0.2) is 30.3 Å². The summed E-state index contributed by atoms with van der Waals surface area (Å²) in [5, 5.41) is 8.10. The Hall–Kier alpha value is -2.54. The second kappa shape index (κ2) is 6.29. The van der Waals surface area contributed by atoms with Gasteiger partial charge < -0.3 is 10.5 Å². The van der Waals surface area contributed by atoms with E-state index in [1.54, 1.807) is 12.1 Å². The summed E-state index contributed by atoms with van der Waals surface area (Å²) < 4.78 is 18.2. The van der Waals surface area contributed by atoms with E-state index in [9.17, 15) is 9.18 Å². The van der Waals surface area contributed by atoms with Gasteiger partial charge in [-0.1, -0.05) is 12.1 Å². The van der Waals surface area contributed by atoms with Crippen LogP contribution in [-0.4, -0.2) is 34.7 Å². The summed E-state index contributed by atoms with van der Waals surface area (Å²) in [6, 6.07) is 7.05. The molecule has 0 aliphatic carbocycles. The molecule has 23 heavy (non-hydrogen) atoms. The molecule has 0 fully saturated rings. The molecule has 7 heteroatoms. The molecule has 0 radical (unpaired) electrons. The molecule has 2 aromatic rings. The summed E-state index contributed by atoms with van der Waals surface area (Å²) in [6.45, 7) is 1.13. The van der Waals surface area contributed by atoms with Gasteiger partial charge >= 0.3 is 0 Å². The lowest BCUT2D eigenvalue weighted by Crippen LogP contribution is -2.41. The fraction of sp³-hybridized carbons (Fsp3) is 0.312. The summed E-state index contributed by atoms with van der Waals surface area (Å²) >= 11 is 0. The van der Waals surface area contributed by atoms with Crippen molar-refractivity contribution in [1.82, 2.24) is 15.1 Å². The molecule has 3 rings (SSSR count). The van der Waals surface area contributed by atoms with Crippen LogP contribution in [-0.2, 0) is 17.8 Å². The van der Waals surface area contributed by atoms with Crippen molar-refractivity contribution < 1.29 is 13.9 Å². The lowest BCUT2D eigenvalue weighted by Gasteiger charge is -2.33. The molecular formula is C16H17FN4O2. The van der Waals surface area contributed by atoms with Crippen molar-refractivity contribution in [3.63, 3.8) is 0 Å². The lowest BCUT2D eigenvalue weighted by molar-refractivity contribution is -0.123. The van der Waals surface area contributed by atoms with Crippen LogP contribution in [0.5, 0.6) is 5.88 Å². The van der Waals surface area contributed by atoms with E-state index in [-0.39, 0.29) is 5.82 Å². The van der Waals surface area contributed by atoms with Gasteiger partial charge in [-0.2, -0.15) is 5.10 Å². The van der Waals surface area contributed by atoms with Gasteiger partial charge in [-0.15, -0.1) is 5.10 Å². The predicted molar refractivity (Wildman–Crippen MR) is 81.0 cm³/mol. The largest absolute Gasteiger partial charge is 0.480 e. The molecule has 1 aromatic heterocycles. The van der Waals surface area contributed by atoms with E-state index in [2.05, 4.69) is 10.2 Å². The summed E-state index contributed by atoms with van der Waals surface area (Å²) in [5.41, 5.74) is 8.11. The molecule has 0 unspecified atom stereocenters. The van der Waals surface area contributed by atoms with Gasteiger partial charge in [0.25, 0.3) is 0 Å². The maximum absolute atomic E-state index is 13.1. The first-order valence-corrected chi connectivity index (χ1v) is 7.27. The first kappa shape index (κ1) is 15.4. The van der Waals surface area contributed by atoms with Crippen molar-refractivity contribution in [2.45, 2.75) is 19.0 Å². The Morgan fingerprint density at radius 3 is 2.74 bits per heavy atom. The third kappa shape index (κ3) is 3.14. The number of hydrogen-bond donors (Lipinski definition) is 1. The highest BCUT2D eigenvalue weighted by Crippen LogP contribution is 2.28. The van der Waals surface area contributed by atoms with Crippen LogP contribution in [0.3, 0.4) is 0 Å². The number of carbonyl (C=O) groups excluding carboxylic acids is 1. The number of rotatable bonds is 4. The van der Waals surface area contributed by atoms with Gasteiger partial charge in [-0.25, -0.2) is 4.39 Å². The molecule has 0 saturated heterocycles. The highest BCUT2D eigenvalue weighted by Gasteiger charge is 2.29. The highest BCUT2D eigenvalue weighted by atomic mass is 19.1. The van der Waals surface area contributed by atoms with Gasteiger partial charge in [0.2, 0.25) is 11.8 Å². The van der Waals surface area contributed by atoms with Gasteiger partial charge in [0.1, 0.15) is 11.9 Å². The second-order valence-electron chi connectivity index (χ2n) is 5.44. The fourth-order valence-corrected chi connectivity index (χ4v) is 2.85. The number of halogens is 1. The average Bonchev–Trinajstić information content (AvgIpc) is 2.56. The molecule has 0 bridgehead atoms. The number of benzene rings is 1. The van der Waals surface area contributed by atoms with E-state index in [4.69, 9.17) is 10.5 Å².